The van der Waals surface area contributed by atoms with E-state index in [1.807, 2.05) is 18.2 Å². The van der Waals surface area contributed by atoms with Crippen molar-refractivity contribution in [1.29, 1.82) is 0 Å². The predicted molar refractivity (Wildman–Crippen MR) is 110 cm³/mol. The molecule has 0 saturated heterocycles. The molecule has 2 aromatic carbocycles. The smallest absolute Gasteiger partial charge is 0.227 e. The lowest BCUT2D eigenvalue weighted by atomic mass is 10.2. The Morgan fingerprint density at radius 3 is 2.62 bits per heavy atom. The number of carbonyl (C=O) groups is 1. The molecule has 1 amide bonds. The second-order valence-electron chi connectivity index (χ2n) is 6.64. The number of halogens is 1. The SMILES string of the molecule is CCN(CCCNC(=O)CCc1nc(-c2ccc(F)cc2)no1)c1ccccc1. The van der Waals surface area contributed by atoms with Gasteiger partial charge in [0.2, 0.25) is 17.6 Å². The first kappa shape index (κ1) is 20.5. The van der Waals surface area contributed by atoms with Gasteiger partial charge in [0.15, 0.2) is 0 Å². The fraction of sp³-hybridized carbons (Fsp3) is 0.318. The van der Waals surface area contributed by atoms with Gasteiger partial charge >= 0.3 is 0 Å². The second-order valence-corrected chi connectivity index (χ2v) is 6.64. The molecular formula is C22H25FN4O2. The zero-order valence-electron chi connectivity index (χ0n) is 16.5. The van der Waals surface area contributed by atoms with Crippen molar-refractivity contribution < 1.29 is 13.7 Å². The van der Waals surface area contributed by atoms with E-state index >= 15 is 0 Å². The molecule has 0 fully saturated rings. The molecule has 152 valence electrons. The number of nitrogens with one attached hydrogen (secondary N) is 1. The minimum absolute atomic E-state index is 0.0470. The third-order valence-corrected chi connectivity index (χ3v) is 4.57. The lowest BCUT2D eigenvalue weighted by Crippen LogP contribution is -2.30. The summed E-state index contributed by atoms with van der Waals surface area (Å²) < 4.78 is 18.2. The van der Waals surface area contributed by atoms with Gasteiger partial charge in [0, 0.05) is 43.7 Å². The molecule has 0 aliphatic carbocycles. The van der Waals surface area contributed by atoms with Crippen LogP contribution in [0, 0.1) is 5.82 Å². The van der Waals surface area contributed by atoms with E-state index in [2.05, 4.69) is 39.4 Å². The van der Waals surface area contributed by atoms with Gasteiger partial charge in [0.25, 0.3) is 0 Å². The number of hydrogen-bond donors (Lipinski definition) is 1. The van der Waals surface area contributed by atoms with Crippen molar-refractivity contribution in [2.75, 3.05) is 24.5 Å². The van der Waals surface area contributed by atoms with Crippen LogP contribution in [-0.4, -0.2) is 35.7 Å². The van der Waals surface area contributed by atoms with Crippen LogP contribution in [0.3, 0.4) is 0 Å². The molecule has 29 heavy (non-hydrogen) atoms. The number of rotatable bonds is 10. The summed E-state index contributed by atoms with van der Waals surface area (Å²) in [6, 6.07) is 16.1. The Labute approximate surface area is 169 Å². The van der Waals surface area contributed by atoms with Gasteiger partial charge in [-0.15, -0.1) is 0 Å². The van der Waals surface area contributed by atoms with Crippen LogP contribution in [0.5, 0.6) is 0 Å². The number of carbonyl (C=O) groups excluding carboxylic acids is 1. The Morgan fingerprint density at radius 2 is 1.90 bits per heavy atom. The van der Waals surface area contributed by atoms with Crippen molar-refractivity contribution in [3.8, 4) is 11.4 Å². The van der Waals surface area contributed by atoms with E-state index in [1.165, 1.54) is 17.8 Å². The Balaban J connectivity index is 1.37. The lowest BCUT2D eigenvalue weighted by molar-refractivity contribution is -0.121. The molecule has 0 atom stereocenters. The lowest BCUT2D eigenvalue weighted by Gasteiger charge is -2.23. The molecule has 0 unspecified atom stereocenters. The summed E-state index contributed by atoms with van der Waals surface area (Å²) in [5.41, 5.74) is 1.86. The van der Waals surface area contributed by atoms with E-state index in [0.29, 0.717) is 30.2 Å². The van der Waals surface area contributed by atoms with Crippen molar-refractivity contribution in [3.05, 3.63) is 66.3 Å². The number of aryl methyl sites for hydroxylation is 1. The third-order valence-electron chi connectivity index (χ3n) is 4.57. The molecule has 0 aliphatic rings. The summed E-state index contributed by atoms with van der Waals surface area (Å²) in [7, 11) is 0. The molecular weight excluding hydrogens is 371 g/mol. The van der Waals surface area contributed by atoms with Crippen LogP contribution in [0.2, 0.25) is 0 Å². The molecule has 1 aromatic heterocycles. The average Bonchev–Trinajstić information content (AvgIpc) is 3.22. The molecule has 1 N–H and O–H groups in total. The molecule has 6 nitrogen and oxygen atoms in total. The first-order valence-electron chi connectivity index (χ1n) is 9.81. The fourth-order valence-corrected chi connectivity index (χ4v) is 2.99. The topological polar surface area (TPSA) is 71.3 Å². The molecule has 0 bridgehead atoms. The number of aromatic nitrogens is 2. The molecule has 0 aliphatic heterocycles. The minimum Gasteiger partial charge on any atom is -0.372 e. The summed E-state index contributed by atoms with van der Waals surface area (Å²) in [6.07, 6.45) is 1.51. The van der Waals surface area contributed by atoms with Crippen molar-refractivity contribution in [2.45, 2.75) is 26.2 Å². The summed E-state index contributed by atoms with van der Waals surface area (Å²) in [6.45, 7) is 4.54. The van der Waals surface area contributed by atoms with Crippen LogP contribution in [-0.2, 0) is 11.2 Å². The molecule has 0 radical (unpaired) electrons. The maximum atomic E-state index is 13.0. The number of para-hydroxylation sites is 1. The summed E-state index contributed by atoms with van der Waals surface area (Å²) in [5, 5.41) is 6.81. The van der Waals surface area contributed by atoms with Gasteiger partial charge in [-0.3, -0.25) is 4.79 Å². The predicted octanol–water partition coefficient (Wildman–Crippen LogP) is 3.84. The van der Waals surface area contributed by atoms with Crippen LogP contribution in [0.1, 0.15) is 25.7 Å². The normalized spacial score (nSPS) is 10.7. The fourth-order valence-electron chi connectivity index (χ4n) is 2.99. The van der Waals surface area contributed by atoms with E-state index < -0.39 is 0 Å². The molecule has 3 aromatic rings. The molecule has 1 heterocycles. The minimum atomic E-state index is -0.319. The Hall–Kier alpha value is -3.22. The second kappa shape index (κ2) is 10.4. The Bertz CT molecular complexity index is 897. The van der Waals surface area contributed by atoms with Crippen molar-refractivity contribution in [1.82, 2.24) is 15.5 Å². The van der Waals surface area contributed by atoms with Crippen molar-refractivity contribution >= 4 is 11.6 Å². The highest BCUT2D eigenvalue weighted by atomic mass is 19.1. The molecule has 0 spiro atoms. The van der Waals surface area contributed by atoms with Gasteiger partial charge in [0.05, 0.1) is 0 Å². The van der Waals surface area contributed by atoms with Crippen LogP contribution in [0.4, 0.5) is 10.1 Å². The highest BCUT2D eigenvalue weighted by Gasteiger charge is 2.11. The van der Waals surface area contributed by atoms with E-state index in [1.54, 1.807) is 12.1 Å². The van der Waals surface area contributed by atoms with Crippen LogP contribution in [0.15, 0.2) is 59.1 Å². The van der Waals surface area contributed by atoms with E-state index in [9.17, 15) is 9.18 Å². The monoisotopic (exact) mass is 396 g/mol. The number of hydrogen-bond acceptors (Lipinski definition) is 5. The van der Waals surface area contributed by atoms with Gasteiger partial charge in [-0.25, -0.2) is 4.39 Å². The van der Waals surface area contributed by atoms with Crippen LogP contribution in [0.25, 0.3) is 11.4 Å². The largest absolute Gasteiger partial charge is 0.372 e. The van der Waals surface area contributed by atoms with Crippen LogP contribution >= 0.6 is 0 Å². The quantitative estimate of drug-likeness (QED) is 0.527. The summed E-state index contributed by atoms with van der Waals surface area (Å²) in [5.74, 6) is 0.413. The first-order valence-corrected chi connectivity index (χ1v) is 9.81. The van der Waals surface area contributed by atoms with Gasteiger partial charge in [-0.2, -0.15) is 4.98 Å². The van der Waals surface area contributed by atoms with E-state index in [-0.39, 0.29) is 18.1 Å². The van der Waals surface area contributed by atoms with Crippen LogP contribution < -0.4 is 10.2 Å². The Kier molecular flexibility index (Phi) is 7.33. The summed E-state index contributed by atoms with van der Waals surface area (Å²) in [4.78, 5) is 18.6. The van der Waals surface area contributed by atoms with Gasteiger partial charge in [-0.05, 0) is 49.7 Å². The number of amides is 1. The zero-order valence-corrected chi connectivity index (χ0v) is 16.5. The maximum absolute atomic E-state index is 13.0. The highest BCUT2D eigenvalue weighted by Crippen LogP contribution is 2.16. The van der Waals surface area contributed by atoms with E-state index in [0.717, 1.165) is 19.5 Å². The van der Waals surface area contributed by atoms with Gasteiger partial charge in [0.1, 0.15) is 5.82 Å². The molecule has 7 heteroatoms. The first-order chi connectivity index (χ1) is 14.2. The van der Waals surface area contributed by atoms with Gasteiger partial charge < -0.3 is 14.7 Å². The zero-order chi connectivity index (χ0) is 20.5. The number of benzene rings is 2. The van der Waals surface area contributed by atoms with Gasteiger partial charge in [-0.1, -0.05) is 23.4 Å². The van der Waals surface area contributed by atoms with Crippen molar-refractivity contribution in [2.24, 2.45) is 0 Å². The molecule has 0 saturated carbocycles. The molecule has 3 rings (SSSR count). The standard InChI is InChI=1S/C22H25FN4O2/c1-2-27(19-7-4-3-5-8-19)16-6-15-24-20(28)13-14-21-25-22(26-29-21)17-9-11-18(23)12-10-17/h3-5,7-12H,2,6,13-16H2,1H3,(H,24,28). The summed E-state index contributed by atoms with van der Waals surface area (Å²) >= 11 is 0. The number of nitrogens with zero attached hydrogens (tertiary/aromatic N) is 3. The van der Waals surface area contributed by atoms with Crippen molar-refractivity contribution in [3.63, 3.8) is 0 Å². The maximum Gasteiger partial charge on any atom is 0.227 e. The average molecular weight is 396 g/mol. The van der Waals surface area contributed by atoms with E-state index in [4.69, 9.17) is 4.52 Å². The Morgan fingerprint density at radius 1 is 1.14 bits per heavy atom. The third kappa shape index (κ3) is 6.14. The number of anilines is 1. The highest BCUT2D eigenvalue weighted by molar-refractivity contribution is 5.76.